The highest BCUT2D eigenvalue weighted by Crippen LogP contribution is 2.46. The summed E-state index contributed by atoms with van der Waals surface area (Å²) in [6.45, 7) is 0. The van der Waals surface area contributed by atoms with E-state index in [1.165, 1.54) is 43.7 Å². The van der Waals surface area contributed by atoms with E-state index in [2.05, 4.69) is 257 Å². The van der Waals surface area contributed by atoms with E-state index in [1.807, 2.05) is 18.2 Å². The summed E-state index contributed by atoms with van der Waals surface area (Å²) in [6.07, 6.45) is -0.531. The van der Waals surface area contributed by atoms with Crippen molar-refractivity contribution < 1.29 is 4.42 Å². The topological polar surface area (TPSA) is 59.8 Å². The van der Waals surface area contributed by atoms with Crippen LogP contribution >= 0.6 is 0 Å². The van der Waals surface area contributed by atoms with E-state index in [1.54, 1.807) is 0 Å². The van der Waals surface area contributed by atoms with Gasteiger partial charge in [0.05, 0.1) is 27.8 Å². The number of furan rings is 1. The lowest BCUT2D eigenvalue weighted by molar-refractivity contribution is 0.667. The number of fused-ring (bicyclic) bond motifs is 9. The van der Waals surface area contributed by atoms with Crippen molar-refractivity contribution in [2.24, 2.45) is 9.98 Å². The van der Waals surface area contributed by atoms with Crippen molar-refractivity contribution in [3.8, 4) is 44.8 Å². The summed E-state index contributed by atoms with van der Waals surface area (Å²) >= 11 is 0. The molecule has 1 atom stereocenters. The minimum Gasteiger partial charge on any atom is -0.456 e. The largest absolute Gasteiger partial charge is 0.456 e. The summed E-state index contributed by atoms with van der Waals surface area (Å²) in [5.41, 5.74) is 18.1. The van der Waals surface area contributed by atoms with Gasteiger partial charge in [-0.3, -0.25) is 0 Å². The second-order valence-electron chi connectivity index (χ2n) is 19.2. The number of hydrogen-bond donors (Lipinski definition) is 1. The van der Waals surface area contributed by atoms with Crippen LogP contribution in [0.3, 0.4) is 0 Å². The van der Waals surface area contributed by atoms with Gasteiger partial charge in [-0.05, 0) is 88.0 Å². The Labute approximate surface area is 432 Å². The number of nitrogens with zero attached hydrogens (tertiary/aromatic N) is 4. The summed E-state index contributed by atoms with van der Waals surface area (Å²) in [7, 11) is 0. The Balaban J connectivity index is 0.963. The molecular formula is C69H45N5O. The lowest BCUT2D eigenvalue weighted by atomic mass is 9.95. The first-order valence-corrected chi connectivity index (χ1v) is 25.5. The second kappa shape index (κ2) is 17.3. The minimum atomic E-state index is -0.531. The molecule has 0 aliphatic carbocycles. The predicted molar refractivity (Wildman–Crippen MR) is 311 cm³/mol. The Bertz CT molecular complexity index is 4600. The van der Waals surface area contributed by atoms with Crippen LogP contribution < -0.4 is 5.32 Å². The van der Waals surface area contributed by atoms with Gasteiger partial charge >= 0.3 is 0 Å². The average molecular weight is 960 g/mol. The van der Waals surface area contributed by atoms with Crippen LogP contribution in [0.5, 0.6) is 0 Å². The van der Waals surface area contributed by atoms with Gasteiger partial charge in [-0.1, -0.05) is 206 Å². The van der Waals surface area contributed by atoms with Crippen LogP contribution in [0.4, 0.5) is 0 Å². The fourth-order valence-electron chi connectivity index (χ4n) is 11.8. The SMILES string of the molecule is c1ccc(C2=NC(c3ccccc3-n3c4cc(-c5ccccc5)ccc4c4c(-c5cccc6c5c5ccccc5n6-c5ccccc5)cccc43)NC(c3cccc4oc5cccc(-c6ccccc6)c5c34)=N2)cc1. The van der Waals surface area contributed by atoms with Crippen molar-refractivity contribution in [3.63, 3.8) is 0 Å². The third-order valence-corrected chi connectivity index (χ3v) is 15.0. The maximum Gasteiger partial charge on any atom is 0.159 e. The molecule has 4 heterocycles. The number of hydrogen-bond acceptors (Lipinski definition) is 4. The first kappa shape index (κ1) is 42.6. The summed E-state index contributed by atoms with van der Waals surface area (Å²) in [5, 5.41) is 10.8. The van der Waals surface area contributed by atoms with E-state index >= 15 is 0 Å². The van der Waals surface area contributed by atoms with Crippen molar-refractivity contribution in [1.82, 2.24) is 14.5 Å². The molecule has 0 radical (unpaired) electrons. The molecule has 11 aromatic carbocycles. The number of benzene rings is 11. The molecule has 1 aliphatic rings. The third-order valence-electron chi connectivity index (χ3n) is 15.0. The number of amidine groups is 2. The van der Waals surface area contributed by atoms with E-state index < -0.39 is 6.17 Å². The van der Waals surface area contributed by atoms with Gasteiger partial charge in [0.2, 0.25) is 0 Å². The van der Waals surface area contributed by atoms with Gasteiger partial charge in [-0.15, -0.1) is 0 Å². The molecule has 0 bridgehead atoms. The molecule has 1 N–H and O–H groups in total. The molecule has 0 saturated carbocycles. The Morgan fingerprint density at radius 3 is 1.61 bits per heavy atom. The fraction of sp³-hybridized carbons (Fsp3) is 0.0145. The van der Waals surface area contributed by atoms with E-state index in [9.17, 15) is 0 Å². The normalized spacial score (nSPS) is 13.7. The second-order valence-corrected chi connectivity index (χ2v) is 19.2. The highest BCUT2D eigenvalue weighted by atomic mass is 16.3. The number of aromatic nitrogens is 2. The zero-order chi connectivity index (χ0) is 49.4. The Kier molecular flexibility index (Phi) is 9.85. The van der Waals surface area contributed by atoms with Crippen LogP contribution in [0.25, 0.3) is 110 Å². The lowest BCUT2D eigenvalue weighted by Gasteiger charge is -2.26. The summed E-state index contributed by atoms with van der Waals surface area (Å²) in [5.74, 6) is 1.37. The third kappa shape index (κ3) is 6.88. The molecule has 352 valence electrons. The minimum absolute atomic E-state index is 0.531. The Hall–Kier alpha value is -10.0. The number of nitrogens with one attached hydrogen (secondary N) is 1. The standard InChI is InChI=1S/C69H45N5O/c1-5-21-44(22-6-1)47-41-42-53-60(43-47)74(59-38-18-33-51(64(53)59)50-32-17-37-58-63(50)52-29-13-15-35-56(52)73(58)48-27-11-4-12-28-48)57-36-16-14-30-54(57)68-70-67(46-25-9-3-10-26-46)71-69(72-68)55-34-20-40-62-66(55)65-49(31-19-39-61(65)75-62)45-23-7-2-8-24-45/h1-43,68H,(H,70,71,72). The molecule has 75 heavy (non-hydrogen) atoms. The monoisotopic (exact) mass is 959 g/mol. The summed E-state index contributed by atoms with van der Waals surface area (Å²) < 4.78 is 11.5. The number of aliphatic imine (C=N–C) groups is 2. The van der Waals surface area contributed by atoms with Gasteiger partial charge in [-0.2, -0.15) is 0 Å². The molecule has 14 aromatic rings. The summed E-state index contributed by atoms with van der Waals surface area (Å²) in [6, 6.07) is 92.9. The molecule has 0 fully saturated rings. The van der Waals surface area contributed by atoms with Gasteiger partial charge in [0, 0.05) is 54.7 Å². The molecular weight excluding hydrogens is 915 g/mol. The molecule has 0 saturated heterocycles. The smallest absolute Gasteiger partial charge is 0.159 e. The van der Waals surface area contributed by atoms with Gasteiger partial charge in [0.1, 0.15) is 23.2 Å². The molecule has 0 spiro atoms. The molecule has 6 nitrogen and oxygen atoms in total. The maximum absolute atomic E-state index is 6.65. The van der Waals surface area contributed by atoms with Gasteiger partial charge in [-0.25, -0.2) is 9.98 Å². The van der Waals surface area contributed by atoms with Crippen molar-refractivity contribution in [2.45, 2.75) is 6.17 Å². The van der Waals surface area contributed by atoms with Crippen LogP contribution in [0.1, 0.15) is 22.9 Å². The van der Waals surface area contributed by atoms with Crippen LogP contribution in [0.15, 0.2) is 275 Å². The fourth-order valence-corrected chi connectivity index (χ4v) is 11.8. The van der Waals surface area contributed by atoms with Crippen molar-refractivity contribution in [3.05, 3.63) is 278 Å². The molecule has 3 aromatic heterocycles. The number of rotatable bonds is 8. The molecule has 6 heteroatoms. The first-order valence-electron chi connectivity index (χ1n) is 25.5. The van der Waals surface area contributed by atoms with Crippen molar-refractivity contribution in [2.75, 3.05) is 0 Å². The highest BCUT2D eigenvalue weighted by Gasteiger charge is 2.28. The number of para-hydroxylation sites is 3. The Morgan fingerprint density at radius 2 is 0.893 bits per heavy atom. The van der Waals surface area contributed by atoms with Gasteiger partial charge in [0.25, 0.3) is 0 Å². The molecule has 0 amide bonds. The van der Waals surface area contributed by atoms with Crippen molar-refractivity contribution >= 4 is 77.2 Å². The quantitative estimate of drug-likeness (QED) is 0.165. The maximum atomic E-state index is 6.65. The van der Waals surface area contributed by atoms with Crippen molar-refractivity contribution in [1.29, 1.82) is 0 Å². The molecule has 1 unspecified atom stereocenters. The average Bonchev–Trinajstić information content (AvgIpc) is 4.22. The zero-order valence-corrected chi connectivity index (χ0v) is 40.6. The Morgan fingerprint density at radius 1 is 0.360 bits per heavy atom. The van der Waals surface area contributed by atoms with Crippen LogP contribution in [-0.2, 0) is 0 Å². The predicted octanol–water partition coefficient (Wildman–Crippen LogP) is 17.3. The molecule has 15 rings (SSSR count). The lowest BCUT2D eigenvalue weighted by Crippen LogP contribution is -2.34. The van der Waals surface area contributed by atoms with Gasteiger partial charge < -0.3 is 18.9 Å². The van der Waals surface area contributed by atoms with Crippen LogP contribution in [0.2, 0.25) is 0 Å². The zero-order valence-electron chi connectivity index (χ0n) is 40.6. The van der Waals surface area contributed by atoms with Crippen LogP contribution in [-0.4, -0.2) is 20.8 Å². The summed E-state index contributed by atoms with van der Waals surface area (Å²) in [4.78, 5) is 10.9. The van der Waals surface area contributed by atoms with Gasteiger partial charge in [0.15, 0.2) is 5.84 Å². The highest BCUT2D eigenvalue weighted by molar-refractivity contribution is 6.25. The molecule has 1 aliphatic heterocycles. The first-order chi connectivity index (χ1) is 37.2. The van der Waals surface area contributed by atoms with E-state index in [0.29, 0.717) is 5.84 Å². The van der Waals surface area contributed by atoms with E-state index in [4.69, 9.17) is 14.4 Å². The van der Waals surface area contributed by atoms with E-state index in [-0.39, 0.29) is 0 Å². The van der Waals surface area contributed by atoms with Crippen LogP contribution in [0, 0.1) is 0 Å². The van der Waals surface area contributed by atoms with E-state index in [0.717, 1.165) is 89.1 Å².